The number of hydrogen-bond donors (Lipinski definition) is 0. The molecule has 8 nitrogen and oxygen atoms in total. The normalized spacial score (nSPS) is 19.9. The molecule has 2 rings (SSSR count). The van der Waals surface area contributed by atoms with Gasteiger partial charge in [0.05, 0.1) is 12.5 Å². The summed E-state index contributed by atoms with van der Waals surface area (Å²) < 4.78 is 57.0. The molecule has 0 fully saturated rings. The van der Waals surface area contributed by atoms with Gasteiger partial charge in [0.25, 0.3) is 20.2 Å². The molecule has 0 saturated carbocycles. The molecule has 1 aliphatic rings. The van der Waals surface area contributed by atoms with Gasteiger partial charge < -0.3 is 0 Å². The van der Waals surface area contributed by atoms with Gasteiger partial charge in [-0.25, -0.2) is 4.98 Å². The van der Waals surface area contributed by atoms with Crippen LogP contribution in [0.2, 0.25) is 5.15 Å². The number of aliphatic imine (C=N–C) groups is 1. The molecule has 0 spiro atoms. The summed E-state index contributed by atoms with van der Waals surface area (Å²) in [6, 6.07) is 3.11. The Morgan fingerprint density at radius 1 is 1.11 bits per heavy atom. The predicted octanol–water partition coefficient (Wildman–Crippen LogP) is 2.84. The smallest absolute Gasteiger partial charge is 0.264 e. The first-order valence-corrected chi connectivity index (χ1v) is 12.6. The zero-order valence-electron chi connectivity index (χ0n) is 15.2. The number of aromatic nitrogens is 1. The van der Waals surface area contributed by atoms with Crippen LogP contribution in [0.3, 0.4) is 0 Å². The third-order valence-corrected chi connectivity index (χ3v) is 5.38. The van der Waals surface area contributed by atoms with Crippen LogP contribution in [0.4, 0.5) is 0 Å². The first-order chi connectivity index (χ1) is 12.9. The molecule has 12 heteroatoms. The van der Waals surface area contributed by atoms with Crippen LogP contribution in [-0.2, 0) is 28.6 Å². The second-order valence-corrected chi connectivity index (χ2v) is 10.3. The van der Waals surface area contributed by atoms with Crippen LogP contribution in [0.5, 0.6) is 0 Å². The lowest BCUT2D eigenvalue weighted by molar-refractivity contribution is 0.169. The first-order valence-electron chi connectivity index (χ1n) is 8.18. The van der Waals surface area contributed by atoms with Crippen molar-refractivity contribution in [3.63, 3.8) is 0 Å². The fraction of sp³-hybridized carbons (Fsp3) is 0.500. The number of dihydropyridines is 1. The summed E-state index contributed by atoms with van der Waals surface area (Å²) in [6.45, 7) is 0. The highest BCUT2D eigenvalue weighted by molar-refractivity contribution is 7.86. The van der Waals surface area contributed by atoms with Gasteiger partial charge in [-0.1, -0.05) is 35.3 Å². The maximum absolute atomic E-state index is 11.7. The number of rotatable bonds is 9. The minimum Gasteiger partial charge on any atom is -0.273 e. The summed E-state index contributed by atoms with van der Waals surface area (Å²) in [4.78, 5) is 7.99. The second-order valence-electron chi connectivity index (χ2n) is 6.22. The summed E-state index contributed by atoms with van der Waals surface area (Å²) in [6.07, 6.45) is 5.49. The van der Waals surface area contributed by atoms with Crippen LogP contribution in [0, 0.1) is 0 Å². The lowest BCUT2D eigenvalue weighted by Crippen LogP contribution is -2.24. The van der Waals surface area contributed by atoms with Crippen LogP contribution in [0.15, 0.2) is 35.0 Å². The van der Waals surface area contributed by atoms with E-state index in [-0.39, 0.29) is 18.0 Å². The van der Waals surface area contributed by atoms with E-state index in [9.17, 15) is 16.8 Å². The van der Waals surface area contributed by atoms with Crippen molar-refractivity contribution in [1.82, 2.24) is 4.98 Å². The fourth-order valence-electron chi connectivity index (χ4n) is 2.57. The largest absolute Gasteiger partial charge is 0.273 e. The van der Waals surface area contributed by atoms with Crippen molar-refractivity contribution in [2.45, 2.75) is 37.0 Å². The molecule has 0 amide bonds. The van der Waals surface area contributed by atoms with Crippen LogP contribution in [-0.4, -0.2) is 52.2 Å². The Morgan fingerprint density at radius 2 is 1.71 bits per heavy atom. The van der Waals surface area contributed by atoms with E-state index in [1.165, 1.54) is 18.5 Å². The molecular formula is C16H20Cl2N2O6S2. The molecule has 0 aliphatic carbocycles. The molecule has 28 heavy (non-hydrogen) atoms. The molecule has 3 atom stereocenters. The first kappa shape index (κ1) is 23.2. The molecule has 0 aromatic carbocycles. The molecule has 0 N–H and O–H groups in total. The van der Waals surface area contributed by atoms with E-state index < -0.39 is 37.9 Å². The fourth-order valence-corrected chi connectivity index (χ4v) is 4.09. The third kappa shape index (κ3) is 8.14. The van der Waals surface area contributed by atoms with E-state index >= 15 is 0 Å². The molecular weight excluding hydrogens is 451 g/mol. The Hall–Kier alpha value is -1.04. The lowest BCUT2D eigenvalue weighted by Gasteiger charge is -2.23. The van der Waals surface area contributed by atoms with E-state index in [0.717, 1.165) is 12.5 Å². The summed E-state index contributed by atoms with van der Waals surface area (Å²) >= 11 is 11.7. The quantitative estimate of drug-likeness (QED) is 0.236. The van der Waals surface area contributed by atoms with Crippen molar-refractivity contribution in [3.05, 3.63) is 40.7 Å². The number of hydrogen-bond acceptors (Lipinski definition) is 8. The van der Waals surface area contributed by atoms with E-state index in [0.29, 0.717) is 17.6 Å². The van der Waals surface area contributed by atoms with Crippen molar-refractivity contribution in [1.29, 1.82) is 0 Å². The predicted molar refractivity (Wildman–Crippen MR) is 108 cm³/mol. The highest BCUT2D eigenvalue weighted by atomic mass is 35.5. The molecule has 156 valence electrons. The monoisotopic (exact) mass is 470 g/mol. The molecule has 1 aliphatic heterocycles. The van der Waals surface area contributed by atoms with E-state index in [2.05, 4.69) is 9.98 Å². The van der Waals surface area contributed by atoms with Gasteiger partial charge in [-0.2, -0.15) is 16.8 Å². The minimum absolute atomic E-state index is 0.145. The van der Waals surface area contributed by atoms with Crippen molar-refractivity contribution in [3.8, 4) is 0 Å². The summed E-state index contributed by atoms with van der Waals surface area (Å²) in [5, 5.41) is 0.249. The highest BCUT2D eigenvalue weighted by Gasteiger charge is 2.25. The third-order valence-electron chi connectivity index (χ3n) is 3.70. The molecule has 2 heterocycles. The van der Waals surface area contributed by atoms with Crippen LogP contribution < -0.4 is 0 Å². The van der Waals surface area contributed by atoms with E-state index in [4.69, 9.17) is 31.6 Å². The van der Waals surface area contributed by atoms with Crippen molar-refractivity contribution in [2.24, 2.45) is 4.99 Å². The van der Waals surface area contributed by atoms with Crippen LogP contribution in [0.1, 0.15) is 30.9 Å². The Labute approximate surface area is 174 Å². The van der Waals surface area contributed by atoms with Gasteiger partial charge in [-0.05, 0) is 24.5 Å². The zero-order valence-corrected chi connectivity index (χ0v) is 18.3. The van der Waals surface area contributed by atoms with Crippen LogP contribution >= 0.6 is 23.2 Å². The maximum atomic E-state index is 11.7. The summed E-state index contributed by atoms with van der Waals surface area (Å²) in [7, 11) is -7.54. The molecule has 0 bridgehead atoms. The average Bonchev–Trinajstić information content (AvgIpc) is 2.57. The second kappa shape index (κ2) is 9.64. The zero-order chi connectivity index (χ0) is 20.9. The molecule has 3 unspecified atom stereocenters. The van der Waals surface area contributed by atoms with Gasteiger partial charge in [0.2, 0.25) is 0 Å². The topological polar surface area (TPSA) is 112 Å². The average molecular weight is 471 g/mol. The molecule has 0 saturated heterocycles. The van der Waals surface area contributed by atoms with Gasteiger partial charge in [0.1, 0.15) is 22.9 Å². The van der Waals surface area contributed by atoms with Gasteiger partial charge in [0, 0.05) is 24.4 Å². The summed E-state index contributed by atoms with van der Waals surface area (Å²) in [5.74, 6) is 0. The van der Waals surface area contributed by atoms with E-state index in [1.807, 2.05) is 0 Å². The highest BCUT2D eigenvalue weighted by Crippen LogP contribution is 2.29. The van der Waals surface area contributed by atoms with Gasteiger partial charge in [-0.3, -0.25) is 13.4 Å². The number of alkyl halides is 1. The lowest BCUT2D eigenvalue weighted by atomic mass is 9.99. The molecule has 0 radical (unpaired) electrons. The Morgan fingerprint density at radius 3 is 2.21 bits per heavy atom. The Kier molecular flexibility index (Phi) is 8.00. The standard InChI is InChI=1S/C16H20Cl2N2O6S2/c1-27(21,22)25-13(11-3-7-15(17)19-9-11)5-6-14(26-28(2,23)24)12-4-8-16(18)20-10-12/h3-4,7,9-10,13-14,16H,5-6,8H2,1-2H3. The van der Waals surface area contributed by atoms with Gasteiger partial charge in [0.15, 0.2) is 0 Å². The van der Waals surface area contributed by atoms with Gasteiger partial charge >= 0.3 is 0 Å². The molecule has 1 aromatic heterocycles. The van der Waals surface area contributed by atoms with Gasteiger partial charge in [-0.15, -0.1) is 0 Å². The minimum atomic E-state index is -3.78. The van der Waals surface area contributed by atoms with Crippen molar-refractivity contribution in [2.75, 3.05) is 12.5 Å². The number of pyridine rings is 1. The van der Waals surface area contributed by atoms with Crippen molar-refractivity contribution >= 4 is 49.7 Å². The number of halogens is 2. The Bertz CT molecular complexity index is 946. The Balaban J connectivity index is 2.22. The maximum Gasteiger partial charge on any atom is 0.264 e. The van der Waals surface area contributed by atoms with Crippen LogP contribution in [0.25, 0.3) is 0 Å². The SMILES string of the molecule is CS(=O)(=O)OC(CCC(OS(C)(=O)=O)c1ccc(Cl)nc1)C1=CCC(Cl)N=C1. The van der Waals surface area contributed by atoms with E-state index in [1.54, 1.807) is 12.1 Å². The van der Waals surface area contributed by atoms with Crippen molar-refractivity contribution < 1.29 is 25.2 Å². The summed E-state index contributed by atoms with van der Waals surface area (Å²) in [5.41, 5.74) is 0.624. The molecule has 1 aromatic rings. The number of nitrogens with zero attached hydrogens (tertiary/aromatic N) is 2.